The summed E-state index contributed by atoms with van der Waals surface area (Å²) in [6.45, 7) is 0.528. The molecule has 2 rings (SSSR count). The summed E-state index contributed by atoms with van der Waals surface area (Å²) in [5.41, 5.74) is 1.06. The Morgan fingerprint density at radius 2 is 1.57 bits per heavy atom. The molecular formula is C16H21NO4. The number of rotatable bonds is 4. The highest BCUT2D eigenvalue weighted by Crippen LogP contribution is 2.26. The first-order valence-electron chi connectivity index (χ1n) is 7.12. The lowest BCUT2D eigenvalue weighted by Crippen LogP contribution is -2.53. The van der Waals surface area contributed by atoms with Crippen LogP contribution in [0.1, 0.15) is 24.8 Å². The fraction of sp³-hybridized carbons (Fsp3) is 0.500. The van der Waals surface area contributed by atoms with Crippen LogP contribution in [-0.2, 0) is 25.6 Å². The number of ether oxygens (including phenoxy) is 2. The molecule has 1 aromatic carbocycles. The number of hydrogen-bond acceptors (Lipinski definition) is 5. The number of nitrogens with zero attached hydrogens (tertiary/aromatic N) is 1. The topological polar surface area (TPSA) is 55.8 Å². The first-order valence-corrected chi connectivity index (χ1v) is 7.12. The van der Waals surface area contributed by atoms with Crippen molar-refractivity contribution in [2.75, 3.05) is 14.2 Å². The van der Waals surface area contributed by atoms with Crippen LogP contribution in [0.4, 0.5) is 0 Å². The molecule has 0 aromatic heterocycles. The molecule has 1 fully saturated rings. The number of methoxy groups -OCH3 is 2. The van der Waals surface area contributed by atoms with E-state index in [2.05, 4.69) is 0 Å². The van der Waals surface area contributed by atoms with Crippen molar-refractivity contribution in [3.05, 3.63) is 35.9 Å². The van der Waals surface area contributed by atoms with Crippen molar-refractivity contribution >= 4 is 11.9 Å². The third kappa shape index (κ3) is 3.61. The number of benzene rings is 1. The van der Waals surface area contributed by atoms with Crippen molar-refractivity contribution in [3.8, 4) is 0 Å². The van der Waals surface area contributed by atoms with Crippen molar-refractivity contribution in [2.24, 2.45) is 0 Å². The predicted molar refractivity (Wildman–Crippen MR) is 77.4 cm³/mol. The van der Waals surface area contributed by atoms with E-state index in [1.54, 1.807) is 0 Å². The third-order valence-electron chi connectivity index (χ3n) is 3.91. The summed E-state index contributed by atoms with van der Waals surface area (Å²) in [6, 6.07) is 9.00. The van der Waals surface area contributed by atoms with E-state index in [4.69, 9.17) is 9.47 Å². The Hall–Kier alpha value is -1.88. The summed E-state index contributed by atoms with van der Waals surface area (Å²) >= 11 is 0. The van der Waals surface area contributed by atoms with Crippen LogP contribution in [-0.4, -0.2) is 43.1 Å². The average Bonchev–Trinajstić information content (AvgIpc) is 2.54. The maximum absolute atomic E-state index is 12.0. The Labute approximate surface area is 124 Å². The molecule has 114 valence electrons. The van der Waals surface area contributed by atoms with E-state index in [9.17, 15) is 9.59 Å². The van der Waals surface area contributed by atoms with Crippen LogP contribution in [0, 0.1) is 0 Å². The first-order chi connectivity index (χ1) is 10.2. The lowest BCUT2D eigenvalue weighted by molar-refractivity contribution is -0.158. The molecule has 0 bridgehead atoms. The molecule has 0 N–H and O–H groups in total. The van der Waals surface area contributed by atoms with Gasteiger partial charge in [-0.2, -0.15) is 0 Å². The van der Waals surface area contributed by atoms with Crippen LogP contribution in [0.3, 0.4) is 0 Å². The van der Waals surface area contributed by atoms with Crippen LogP contribution < -0.4 is 0 Å². The van der Waals surface area contributed by atoms with Gasteiger partial charge in [0.25, 0.3) is 0 Å². The van der Waals surface area contributed by atoms with E-state index >= 15 is 0 Å². The molecule has 0 aliphatic carbocycles. The predicted octanol–water partition coefficient (Wildman–Crippen LogP) is 1.76. The molecular weight excluding hydrogens is 272 g/mol. The van der Waals surface area contributed by atoms with E-state index in [1.165, 1.54) is 14.2 Å². The summed E-state index contributed by atoms with van der Waals surface area (Å²) in [5.74, 6) is -0.584. The number of carbonyl (C=O) groups is 2. The maximum Gasteiger partial charge on any atom is 0.323 e. The van der Waals surface area contributed by atoms with Gasteiger partial charge >= 0.3 is 11.9 Å². The number of hydrogen-bond donors (Lipinski definition) is 0. The molecule has 1 aromatic rings. The quantitative estimate of drug-likeness (QED) is 0.625. The van der Waals surface area contributed by atoms with Gasteiger partial charge in [-0.25, -0.2) is 0 Å². The Bertz CT molecular complexity index is 464. The van der Waals surface area contributed by atoms with Crippen molar-refractivity contribution in [2.45, 2.75) is 37.9 Å². The Morgan fingerprint density at radius 1 is 1.05 bits per heavy atom. The van der Waals surface area contributed by atoms with Gasteiger partial charge in [0.1, 0.15) is 12.1 Å². The van der Waals surface area contributed by atoms with Gasteiger partial charge in [0.05, 0.1) is 14.2 Å². The summed E-state index contributed by atoms with van der Waals surface area (Å²) in [4.78, 5) is 25.9. The van der Waals surface area contributed by atoms with E-state index < -0.39 is 12.1 Å². The Kier molecular flexibility index (Phi) is 5.33. The van der Waals surface area contributed by atoms with Gasteiger partial charge < -0.3 is 9.47 Å². The van der Waals surface area contributed by atoms with Gasteiger partial charge in [-0.3, -0.25) is 14.5 Å². The van der Waals surface area contributed by atoms with Crippen LogP contribution in [0.25, 0.3) is 0 Å². The van der Waals surface area contributed by atoms with Crippen molar-refractivity contribution < 1.29 is 19.1 Å². The monoisotopic (exact) mass is 293 g/mol. The summed E-state index contributed by atoms with van der Waals surface area (Å²) in [5, 5.41) is 0. The number of esters is 2. The van der Waals surface area contributed by atoms with E-state index in [1.807, 2.05) is 35.2 Å². The van der Waals surface area contributed by atoms with Gasteiger partial charge in [-0.1, -0.05) is 30.3 Å². The molecule has 1 aliphatic rings. The smallest absolute Gasteiger partial charge is 0.323 e. The highest BCUT2D eigenvalue weighted by atomic mass is 16.6. The zero-order chi connectivity index (χ0) is 15.2. The minimum absolute atomic E-state index is 0.292. The highest BCUT2D eigenvalue weighted by molar-refractivity contribution is 5.80. The molecule has 0 amide bonds. The number of carbonyl (C=O) groups excluding carboxylic acids is 2. The molecule has 0 unspecified atom stereocenters. The second-order valence-corrected chi connectivity index (χ2v) is 5.17. The fourth-order valence-electron chi connectivity index (χ4n) is 2.85. The highest BCUT2D eigenvalue weighted by Gasteiger charge is 2.39. The van der Waals surface area contributed by atoms with Gasteiger partial charge in [-0.05, 0) is 24.8 Å². The van der Waals surface area contributed by atoms with Crippen LogP contribution in [0.15, 0.2) is 30.3 Å². The van der Waals surface area contributed by atoms with Crippen LogP contribution >= 0.6 is 0 Å². The van der Waals surface area contributed by atoms with Gasteiger partial charge in [-0.15, -0.1) is 0 Å². The summed E-state index contributed by atoms with van der Waals surface area (Å²) in [7, 11) is 2.76. The average molecular weight is 293 g/mol. The molecule has 2 atom stereocenters. The van der Waals surface area contributed by atoms with E-state index in [-0.39, 0.29) is 11.9 Å². The molecule has 1 heterocycles. The van der Waals surface area contributed by atoms with Gasteiger partial charge in [0.15, 0.2) is 0 Å². The number of likely N-dealkylation sites (tertiary alicyclic amines) is 1. The fourth-order valence-corrected chi connectivity index (χ4v) is 2.85. The molecule has 0 saturated carbocycles. The van der Waals surface area contributed by atoms with Crippen LogP contribution in [0.5, 0.6) is 0 Å². The molecule has 1 saturated heterocycles. The van der Waals surface area contributed by atoms with Crippen molar-refractivity contribution in [3.63, 3.8) is 0 Å². The molecule has 1 aliphatic heterocycles. The molecule has 5 nitrogen and oxygen atoms in total. The maximum atomic E-state index is 12.0. The molecule has 0 spiro atoms. The Morgan fingerprint density at radius 3 is 2.05 bits per heavy atom. The zero-order valence-corrected chi connectivity index (χ0v) is 12.5. The van der Waals surface area contributed by atoms with Crippen LogP contribution in [0.2, 0.25) is 0 Å². The zero-order valence-electron chi connectivity index (χ0n) is 12.5. The molecule has 5 heteroatoms. The lowest BCUT2D eigenvalue weighted by Gasteiger charge is -2.39. The van der Waals surface area contributed by atoms with Gasteiger partial charge in [0.2, 0.25) is 0 Å². The normalized spacial score (nSPS) is 22.6. The summed E-state index contributed by atoms with van der Waals surface area (Å²) < 4.78 is 9.77. The van der Waals surface area contributed by atoms with Gasteiger partial charge in [0, 0.05) is 6.54 Å². The molecule has 21 heavy (non-hydrogen) atoms. The third-order valence-corrected chi connectivity index (χ3v) is 3.91. The largest absolute Gasteiger partial charge is 0.468 e. The second-order valence-electron chi connectivity index (χ2n) is 5.17. The standard InChI is InChI=1S/C16H21NO4/c1-20-15(18)13-9-6-10-14(16(19)21-2)17(13)11-12-7-4-3-5-8-12/h3-5,7-8,13-14H,6,9-11H2,1-2H3/t13-,14+/i15+1,16+1. The number of piperidine rings is 1. The molecule has 0 radical (unpaired) electrons. The first kappa shape index (κ1) is 15.5. The van der Waals surface area contributed by atoms with E-state index in [0.29, 0.717) is 19.4 Å². The van der Waals surface area contributed by atoms with Crippen molar-refractivity contribution in [1.82, 2.24) is 4.90 Å². The SMILES string of the molecule is CO[13C](=O)[C@H]1CCC[C@@H]([13C](=O)OC)N1Cc1ccccc1. The summed E-state index contributed by atoms with van der Waals surface area (Å²) in [6.07, 6.45) is 2.21. The van der Waals surface area contributed by atoms with Crippen molar-refractivity contribution in [1.29, 1.82) is 0 Å². The lowest BCUT2D eigenvalue weighted by atomic mass is 10.0. The second kappa shape index (κ2) is 7.22. The minimum Gasteiger partial charge on any atom is -0.468 e. The van der Waals surface area contributed by atoms with E-state index in [0.717, 1.165) is 12.0 Å². The minimum atomic E-state index is -0.395. The Balaban J connectivity index is 2.24.